The number of hydrogen-bond acceptors (Lipinski definition) is 3. The van der Waals surface area contributed by atoms with E-state index < -0.39 is 0 Å². The van der Waals surface area contributed by atoms with Gasteiger partial charge in [-0.3, -0.25) is 4.79 Å². The monoisotopic (exact) mass is 257 g/mol. The molecule has 1 N–H and O–H groups in total. The van der Waals surface area contributed by atoms with Gasteiger partial charge in [-0.2, -0.15) is 0 Å². The van der Waals surface area contributed by atoms with Crippen molar-refractivity contribution in [3.8, 4) is 0 Å². The van der Waals surface area contributed by atoms with Crippen molar-refractivity contribution in [1.82, 2.24) is 5.32 Å². The molecule has 0 amide bonds. The molecule has 92 valence electrons. The summed E-state index contributed by atoms with van der Waals surface area (Å²) in [6.45, 7) is 2.82. The van der Waals surface area contributed by atoms with Crippen molar-refractivity contribution >= 4 is 17.1 Å². The molecule has 0 bridgehead atoms. The fraction of sp³-hybridized carbons (Fsp3) is 0.267. The summed E-state index contributed by atoms with van der Waals surface area (Å²) in [5.41, 5.74) is 2.60. The minimum atomic E-state index is -0.0713. The third kappa shape index (κ3) is 2.11. The second kappa shape index (κ2) is 4.67. The molecule has 1 aliphatic rings. The predicted octanol–water partition coefficient (Wildman–Crippen LogP) is 2.95. The molecular weight excluding hydrogens is 242 g/mol. The predicted molar refractivity (Wildman–Crippen MR) is 74.2 cm³/mol. The Kier molecular flexibility index (Phi) is 3.02. The molecule has 1 aromatic heterocycles. The highest BCUT2D eigenvalue weighted by Gasteiger charge is 2.25. The number of hydrogen-bond donors (Lipinski definition) is 1. The molecular formula is C15H15NOS. The second-order valence-electron chi connectivity index (χ2n) is 4.68. The molecule has 0 fully saturated rings. The van der Waals surface area contributed by atoms with Crippen molar-refractivity contribution in [2.45, 2.75) is 25.9 Å². The first kappa shape index (κ1) is 11.6. The van der Waals surface area contributed by atoms with Gasteiger partial charge in [-0.15, -0.1) is 11.3 Å². The number of thiophene rings is 1. The minimum Gasteiger partial charge on any atom is -0.303 e. The van der Waals surface area contributed by atoms with E-state index in [0.717, 1.165) is 17.8 Å². The fourth-order valence-corrected chi connectivity index (χ4v) is 3.24. The number of ketones is 1. The largest absolute Gasteiger partial charge is 0.303 e. The third-order valence-electron chi connectivity index (χ3n) is 3.38. The van der Waals surface area contributed by atoms with Gasteiger partial charge in [0.25, 0.3) is 0 Å². The van der Waals surface area contributed by atoms with Gasteiger partial charge in [0.15, 0.2) is 5.78 Å². The molecule has 18 heavy (non-hydrogen) atoms. The summed E-state index contributed by atoms with van der Waals surface area (Å²) in [5, 5.41) is 3.34. The normalized spacial score (nSPS) is 18.4. The molecule has 0 aliphatic carbocycles. The number of nitrogens with one attached hydrogen (secondary N) is 1. The van der Waals surface area contributed by atoms with Crippen molar-refractivity contribution in [3.63, 3.8) is 0 Å². The lowest BCUT2D eigenvalue weighted by Gasteiger charge is -2.24. The SMILES string of the molecule is Cc1ccc(C(=O)C2Cc3ccccc3CN2)s1. The molecule has 2 nitrogen and oxygen atoms in total. The van der Waals surface area contributed by atoms with E-state index in [1.54, 1.807) is 11.3 Å². The van der Waals surface area contributed by atoms with Crippen LogP contribution in [0.5, 0.6) is 0 Å². The Labute approximate surface area is 111 Å². The minimum absolute atomic E-state index is 0.0713. The maximum absolute atomic E-state index is 12.4. The lowest BCUT2D eigenvalue weighted by atomic mass is 9.93. The molecule has 3 heteroatoms. The van der Waals surface area contributed by atoms with Crippen molar-refractivity contribution in [1.29, 1.82) is 0 Å². The van der Waals surface area contributed by atoms with Crippen LogP contribution in [0.2, 0.25) is 0 Å². The van der Waals surface area contributed by atoms with Crippen molar-refractivity contribution < 1.29 is 4.79 Å². The van der Waals surface area contributed by atoms with Crippen LogP contribution in [0.3, 0.4) is 0 Å². The summed E-state index contributed by atoms with van der Waals surface area (Å²) in [6, 6.07) is 12.2. The summed E-state index contributed by atoms with van der Waals surface area (Å²) in [4.78, 5) is 14.4. The first-order chi connectivity index (χ1) is 8.74. The Bertz CT molecular complexity index is 588. The number of Topliss-reactive ketones (excluding diaryl/α,β-unsaturated/α-hetero) is 1. The van der Waals surface area contributed by atoms with Gasteiger partial charge in [0.05, 0.1) is 10.9 Å². The summed E-state index contributed by atoms with van der Waals surface area (Å²) in [5.74, 6) is 0.225. The quantitative estimate of drug-likeness (QED) is 0.838. The van der Waals surface area contributed by atoms with Gasteiger partial charge in [0.2, 0.25) is 0 Å². The van der Waals surface area contributed by atoms with Crippen molar-refractivity contribution in [2.24, 2.45) is 0 Å². The van der Waals surface area contributed by atoms with Gasteiger partial charge in [0.1, 0.15) is 0 Å². The highest BCUT2D eigenvalue weighted by Crippen LogP contribution is 2.22. The Hall–Kier alpha value is -1.45. The molecule has 2 aromatic rings. The average Bonchev–Trinajstić information content (AvgIpc) is 2.84. The lowest BCUT2D eigenvalue weighted by molar-refractivity contribution is 0.0942. The average molecular weight is 257 g/mol. The Morgan fingerprint density at radius 3 is 2.72 bits per heavy atom. The van der Waals surface area contributed by atoms with E-state index in [2.05, 4.69) is 17.4 Å². The first-order valence-electron chi connectivity index (χ1n) is 6.15. The molecule has 1 unspecified atom stereocenters. The topological polar surface area (TPSA) is 29.1 Å². The molecule has 0 saturated heterocycles. The summed E-state index contributed by atoms with van der Waals surface area (Å²) < 4.78 is 0. The van der Waals surface area contributed by atoms with E-state index in [0.29, 0.717) is 0 Å². The van der Waals surface area contributed by atoms with Crippen LogP contribution in [-0.2, 0) is 13.0 Å². The van der Waals surface area contributed by atoms with Gasteiger partial charge in [-0.25, -0.2) is 0 Å². The van der Waals surface area contributed by atoms with E-state index in [1.807, 2.05) is 31.2 Å². The van der Waals surface area contributed by atoms with Crippen molar-refractivity contribution in [2.75, 3.05) is 0 Å². The van der Waals surface area contributed by atoms with Gasteiger partial charge in [-0.05, 0) is 36.6 Å². The molecule has 1 aliphatic heterocycles. The van der Waals surface area contributed by atoms with Crippen LogP contribution in [-0.4, -0.2) is 11.8 Å². The van der Waals surface area contributed by atoms with Crippen LogP contribution in [0.1, 0.15) is 25.7 Å². The Morgan fingerprint density at radius 1 is 1.22 bits per heavy atom. The molecule has 0 saturated carbocycles. The highest BCUT2D eigenvalue weighted by molar-refractivity contribution is 7.14. The van der Waals surface area contributed by atoms with E-state index in [4.69, 9.17) is 0 Å². The molecule has 3 rings (SSSR count). The van der Waals surface area contributed by atoms with Crippen LogP contribution >= 0.6 is 11.3 Å². The number of carbonyl (C=O) groups is 1. The molecule has 0 radical (unpaired) electrons. The van der Waals surface area contributed by atoms with E-state index in [9.17, 15) is 4.79 Å². The zero-order chi connectivity index (χ0) is 12.5. The summed E-state index contributed by atoms with van der Waals surface area (Å²) >= 11 is 1.58. The van der Waals surface area contributed by atoms with Crippen LogP contribution in [0.4, 0.5) is 0 Å². The van der Waals surface area contributed by atoms with Gasteiger partial charge >= 0.3 is 0 Å². The highest BCUT2D eigenvalue weighted by atomic mass is 32.1. The molecule has 1 aromatic carbocycles. The van der Waals surface area contributed by atoms with Crippen LogP contribution in [0.25, 0.3) is 0 Å². The number of carbonyl (C=O) groups excluding carboxylic acids is 1. The molecule has 0 spiro atoms. The van der Waals surface area contributed by atoms with Crippen LogP contribution < -0.4 is 5.32 Å². The summed E-state index contributed by atoms with van der Waals surface area (Å²) in [7, 11) is 0. The fourth-order valence-electron chi connectivity index (χ4n) is 2.38. The second-order valence-corrected chi connectivity index (χ2v) is 5.97. The number of rotatable bonds is 2. The summed E-state index contributed by atoms with van der Waals surface area (Å²) in [6.07, 6.45) is 0.798. The maximum Gasteiger partial charge on any atom is 0.189 e. The van der Waals surface area contributed by atoms with Crippen LogP contribution in [0.15, 0.2) is 36.4 Å². The Balaban J connectivity index is 1.82. The standard InChI is InChI=1S/C15H15NOS/c1-10-6-7-14(18-10)15(17)13-8-11-4-2-3-5-12(11)9-16-13/h2-7,13,16H,8-9H2,1H3. The first-order valence-corrected chi connectivity index (χ1v) is 6.96. The van der Waals surface area contributed by atoms with Gasteiger partial charge < -0.3 is 5.32 Å². The number of fused-ring (bicyclic) bond motifs is 1. The third-order valence-corrected chi connectivity index (χ3v) is 4.40. The van der Waals surface area contributed by atoms with Gasteiger partial charge in [-0.1, -0.05) is 24.3 Å². The number of benzene rings is 1. The molecule has 2 heterocycles. The lowest BCUT2D eigenvalue weighted by Crippen LogP contribution is -2.41. The van der Waals surface area contributed by atoms with Crippen LogP contribution in [0, 0.1) is 6.92 Å². The zero-order valence-corrected chi connectivity index (χ0v) is 11.1. The van der Waals surface area contributed by atoms with E-state index in [-0.39, 0.29) is 11.8 Å². The van der Waals surface area contributed by atoms with Crippen molar-refractivity contribution in [3.05, 3.63) is 57.3 Å². The Morgan fingerprint density at radius 2 is 2.00 bits per heavy atom. The number of aryl methyl sites for hydroxylation is 1. The van der Waals surface area contributed by atoms with Gasteiger partial charge in [0, 0.05) is 11.4 Å². The maximum atomic E-state index is 12.4. The van der Waals surface area contributed by atoms with E-state index in [1.165, 1.54) is 16.0 Å². The van der Waals surface area contributed by atoms with E-state index >= 15 is 0 Å². The molecule has 1 atom stereocenters. The smallest absolute Gasteiger partial charge is 0.189 e. The zero-order valence-electron chi connectivity index (χ0n) is 10.3.